The number of aromatic nitrogens is 2. The zero-order valence-corrected chi connectivity index (χ0v) is 12.6. The van der Waals surface area contributed by atoms with Crippen molar-refractivity contribution < 1.29 is 8.42 Å². The first-order chi connectivity index (χ1) is 9.81. The lowest BCUT2D eigenvalue weighted by Crippen LogP contribution is -2.19. The summed E-state index contributed by atoms with van der Waals surface area (Å²) in [5.41, 5.74) is 11.0. The Hall–Kier alpha value is -2.04. The standard InChI is InChI=1S/C11H13N5O3S2/c1-14-21(18,19)8-3-2-6(4-7(8)12)20-11-15-9(13)5-10(17)16-11/h2-5,14H,12H2,1H3,(H3,13,15,16,17). The molecule has 0 spiro atoms. The molecule has 0 atom stereocenters. The molecule has 0 aliphatic rings. The number of sulfonamides is 1. The first-order valence-electron chi connectivity index (χ1n) is 5.69. The second-order valence-corrected chi connectivity index (χ2v) is 6.90. The lowest BCUT2D eigenvalue weighted by molar-refractivity contribution is 0.588. The van der Waals surface area contributed by atoms with Crippen molar-refractivity contribution >= 4 is 33.3 Å². The second-order valence-electron chi connectivity index (χ2n) is 3.98. The number of anilines is 2. The fourth-order valence-electron chi connectivity index (χ4n) is 1.56. The molecule has 6 N–H and O–H groups in total. The van der Waals surface area contributed by atoms with Gasteiger partial charge in [0, 0.05) is 11.0 Å². The Labute approximate surface area is 125 Å². The Morgan fingerprint density at radius 3 is 2.57 bits per heavy atom. The summed E-state index contributed by atoms with van der Waals surface area (Å²) in [6, 6.07) is 5.60. The second kappa shape index (κ2) is 5.76. The van der Waals surface area contributed by atoms with Gasteiger partial charge < -0.3 is 16.5 Å². The van der Waals surface area contributed by atoms with Crippen molar-refractivity contribution in [1.82, 2.24) is 14.7 Å². The third-order valence-corrected chi connectivity index (χ3v) is 4.86. The summed E-state index contributed by atoms with van der Waals surface area (Å²) >= 11 is 1.12. The molecule has 0 radical (unpaired) electrons. The van der Waals surface area contributed by atoms with Crippen molar-refractivity contribution in [3.05, 3.63) is 34.6 Å². The molecule has 0 bridgehead atoms. The lowest BCUT2D eigenvalue weighted by atomic mass is 10.3. The topological polar surface area (TPSA) is 144 Å². The lowest BCUT2D eigenvalue weighted by Gasteiger charge is -2.08. The van der Waals surface area contributed by atoms with E-state index in [1.807, 2.05) is 0 Å². The quantitative estimate of drug-likeness (QED) is 0.457. The summed E-state index contributed by atoms with van der Waals surface area (Å²) in [4.78, 5) is 18.4. The highest BCUT2D eigenvalue weighted by Crippen LogP contribution is 2.29. The van der Waals surface area contributed by atoms with E-state index in [0.29, 0.717) is 10.1 Å². The predicted molar refractivity (Wildman–Crippen MR) is 80.5 cm³/mol. The number of H-pyrrole nitrogens is 1. The van der Waals surface area contributed by atoms with Crippen molar-refractivity contribution in [2.45, 2.75) is 14.9 Å². The van der Waals surface area contributed by atoms with Crippen LogP contribution in [0.3, 0.4) is 0 Å². The zero-order chi connectivity index (χ0) is 15.6. The Morgan fingerprint density at radius 2 is 2.00 bits per heavy atom. The minimum absolute atomic E-state index is 0.0108. The number of rotatable bonds is 4. The van der Waals surface area contributed by atoms with Gasteiger partial charge in [-0.1, -0.05) is 11.8 Å². The smallest absolute Gasteiger partial charge is 0.253 e. The number of benzene rings is 1. The molecule has 2 rings (SSSR count). The summed E-state index contributed by atoms with van der Waals surface area (Å²) < 4.78 is 25.6. The van der Waals surface area contributed by atoms with E-state index in [9.17, 15) is 13.2 Å². The van der Waals surface area contributed by atoms with E-state index in [-0.39, 0.29) is 22.0 Å². The molecule has 1 heterocycles. The number of nitrogens with one attached hydrogen (secondary N) is 2. The van der Waals surface area contributed by atoms with Gasteiger partial charge in [0.1, 0.15) is 10.7 Å². The van der Waals surface area contributed by atoms with Crippen LogP contribution in [0.2, 0.25) is 0 Å². The van der Waals surface area contributed by atoms with Gasteiger partial charge >= 0.3 is 0 Å². The van der Waals surface area contributed by atoms with Crippen LogP contribution in [0.15, 0.2) is 44.0 Å². The number of hydrogen-bond donors (Lipinski definition) is 4. The maximum Gasteiger partial charge on any atom is 0.253 e. The fraction of sp³-hybridized carbons (Fsp3) is 0.0909. The molecule has 1 aromatic heterocycles. The average molecular weight is 327 g/mol. The molecule has 0 saturated carbocycles. The van der Waals surface area contributed by atoms with Gasteiger partial charge in [0.05, 0.1) is 5.69 Å². The molecule has 0 amide bonds. The van der Waals surface area contributed by atoms with E-state index in [1.54, 1.807) is 6.07 Å². The Morgan fingerprint density at radius 1 is 1.29 bits per heavy atom. The molecular weight excluding hydrogens is 314 g/mol. The summed E-state index contributed by atoms with van der Waals surface area (Å²) in [6.07, 6.45) is 0. The van der Waals surface area contributed by atoms with Gasteiger partial charge in [-0.3, -0.25) is 4.79 Å². The molecule has 2 aromatic rings. The van der Waals surface area contributed by atoms with Crippen LogP contribution < -0.4 is 21.7 Å². The summed E-state index contributed by atoms with van der Waals surface area (Å²) in [6.45, 7) is 0. The van der Waals surface area contributed by atoms with Crippen molar-refractivity contribution in [3.8, 4) is 0 Å². The van der Waals surface area contributed by atoms with Crippen LogP contribution in [0.5, 0.6) is 0 Å². The van der Waals surface area contributed by atoms with E-state index >= 15 is 0 Å². The van der Waals surface area contributed by atoms with Crippen molar-refractivity contribution in [2.24, 2.45) is 0 Å². The van der Waals surface area contributed by atoms with Crippen LogP contribution in [0.25, 0.3) is 0 Å². The molecule has 112 valence electrons. The van der Waals surface area contributed by atoms with Gasteiger partial charge in [0.15, 0.2) is 5.16 Å². The monoisotopic (exact) mass is 327 g/mol. The number of nitrogens with two attached hydrogens (primary N) is 2. The SMILES string of the molecule is CNS(=O)(=O)c1ccc(Sc2nc(N)cc(=O)[nH]2)cc1N. The third kappa shape index (κ3) is 3.54. The first-order valence-corrected chi connectivity index (χ1v) is 7.99. The molecule has 0 unspecified atom stereocenters. The fourth-order valence-corrected chi connectivity index (χ4v) is 3.24. The maximum absolute atomic E-state index is 11.7. The van der Waals surface area contributed by atoms with Gasteiger partial charge in [-0.2, -0.15) is 0 Å². The van der Waals surface area contributed by atoms with Crippen LogP contribution in [0.4, 0.5) is 11.5 Å². The molecule has 0 saturated heterocycles. The van der Waals surface area contributed by atoms with Crippen LogP contribution in [-0.2, 0) is 10.0 Å². The molecule has 10 heteroatoms. The van der Waals surface area contributed by atoms with Crippen LogP contribution in [0, 0.1) is 0 Å². The van der Waals surface area contributed by atoms with E-state index in [4.69, 9.17) is 11.5 Å². The Bertz CT molecular complexity index is 832. The Kier molecular flexibility index (Phi) is 4.21. The van der Waals surface area contributed by atoms with Gasteiger partial charge in [0.2, 0.25) is 10.0 Å². The van der Waals surface area contributed by atoms with Crippen molar-refractivity contribution in [1.29, 1.82) is 0 Å². The maximum atomic E-state index is 11.7. The van der Waals surface area contributed by atoms with E-state index in [2.05, 4.69) is 14.7 Å². The first kappa shape index (κ1) is 15.4. The minimum Gasteiger partial charge on any atom is -0.398 e. The number of aromatic amines is 1. The zero-order valence-electron chi connectivity index (χ0n) is 11.0. The molecule has 0 fully saturated rings. The normalized spacial score (nSPS) is 11.5. The van der Waals surface area contributed by atoms with Gasteiger partial charge in [-0.05, 0) is 25.2 Å². The summed E-state index contributed by atoms with van der Waals surface area (Å²) in [5, 5.41) is 0.295. The molecule has 0 aliphatic heterocycles. The number of nitrogen functional groups attached to an aromatic ring is 2. The van der Waals surface area contributed by atoms with Crippen LogP contribution in [-0.4, -0.2) is 25.4 Å². The summed E-state index contributed by atoms with van der Waals surface area (Å²) in [7, 11) is -2.31. The average Bonchev–Trinajstić information content (AvgIpc) is 2.37. The molecule has 8 nitrogen and oxygen atoms in total. The van der Waals surface area contributed by atoms with Crippen LogP contribution >= 0.6 is 11.8 Å². The number of hydrogen-bond acceptors (Lipinski definition) is 7. The molecule has 0 aliphatic carbocycles. The molecule has 21 heavy (non-hydrogen) atoms. The summed E-state index contributed by atoms with van der Waals surface area (Å²) in [5.74, 6) is 0.101. The van der Waals surface area contributed by atoms with Crippen LogP contribution in [0.1, 0.15) is 0 Å². The highest BCUT2D eigenvalue weighted by molar-refractivity contribution is 7.99. The van der Waals surface area contributed by atoms with Gasteiger partial charge in [-0.25, -0.2) is 18.1 Å². The third-order valence-electron chi connectivity index (χ3n) is 2.49. The highest BCUT2D eigenvalue weighted by atomic mass is 32.2. The van der Waals surface area contributed by atoms with E-state index < -0.39 is 10.0 Å². The van der Waals surface area contributed by atoms with Gasteiger partial charge in [0.25, 0.3) is 5.56 Å². The molecule has 1 aromatic carbocycles. The van der Waals surface area contributed by atoms with Crippen molar-refractivity contribution in [3.63, 3.8) is 0 Å². The Balaban J connectivity index is 2.35. The molecular formula is C11H13N5O3S2. The minimum atomic E-state index is -3.61. The van der Waals surface area contributed by atoms with E-state index in [1.165, 1.54) is 25.2 Å². The van der Waals surface area contributed by atoms with Crippen molar-refractivity contribution in [2.75, 3.05) is 18.5 Å². The van der Waals surface area contributed by atoms with E-state index in [0.717, 1.165) is 11.8 Å². The van der Waals surface area contributed by atoms with Gasteiger partial charge in [-0.15, -0.1) is 0 Å². The predicted octanol–water partition coefficient (Wildman–Crippen LogP) is -0.00640. The number of nitrogens with zero attached hydrogens (tertiary/aromatic N) is 1. The largest absolute Gasteiger partial charge is 0.398 e. The highest BCUT2D eigenvalue weighted by Gasteiger charge is 2.15.